The van der Waals surface area contributed by atoms with E-state index in [1.807, 2.05) is 0 Å². The Balaban J connectivity index is 1.98. The Morgan fingerprint density at radius 3 is 2.80 bits per heavy atom. The monoisotopic (exact) mass is 266 g/mol. The fourth-order valence-corrected chi connectivity index (χ4v) is 1.85. The highest BCUT2D eigenvalue weighted by Crippen LogP contribution is 2.13. The first-order valence-corrected chi connectivity index (χ1v) is 5.98. The molecule has 5 heteroatoms. The molecule has 20 heavy (non-hydrogen) atoms. The molecule has 0 fully saturated rings. The van der Waals surface area contributed by atoms with Crippen molar-refractivity contribution >= 4 is 22.6 Å². The lowest BCUT2D eigenvalue weighted by atomic mass is 10.2. The molecule has 2 heterocycles. The van der Waals surface area contributed by atoms with Crippen LogP contribution in [-0.2, 0) is 0 Å². The van der Waals surface area contributed by atoms with E-state index in [0.717, 1.165) is 0 Å². The van der Waals surface area contributed by atoms with Crippen molar-refractivity contribution in [3.05, 3.63) is 70.8 Å². The molecule has 0 atom stereocenters. The topological polar surface area (TPSA) is 72.2 Å². The average molecular weight is 266 g/mol. The Hall–Kier alpha value is -2.95. The predicted molar refractivity (Wildman–Crippen MR) is 74.7 cm³/mol. The molecular formula is C15H10N2O3. The third-order valence-electron chi connectivity index (χ3n) is 2.78. The molecule has 98 valence electrons. The zero-order valence-corrected chi connectivity index (χ0v) is 10.4. The number of amides is 1. The van der Waals surface area contributed by atoms with E-state index in [-0.39, 0.29) is 11.2 Å². The van der Waals surface area contributed by atoms with Crippen LogP contribution in [0.2, 0.25) is 0 Å². The summed E-state index contributed by atoms with van der Waals surface area (Å²) < 4.78 is 5.44. The normalized spacial score (nSPS) is 10.4. The van der Waals surface area contributed by atoms with Gasteiger partial charge in [0.05, 0.1) is 17.3 Å². The van der Waals surface area contributed by atoms with Crippen LogP contribution in [0.3, 0.4) is 0 Å². The Labute approximate surface area is 113 Å². The zero-order valence-electron chi connectivity index (χ0n) is 10.4. The lowest BCUT2D eigenvalue weighted by Gasteiger charge is -2.04. The van der Waals surface area contributed by atoms with E-state index >= 15 is 0 Å². The summed E-state index contributed by atoms with van der Waals surface area (Å²) in [5.74, 6) is -0.515. The zero-order chi connectivity index (χ0) is 13.9. The molecule has 0 radical (unpaired) electrons. The van der Waals surface area contributed by atoms with Crippen LogP contribution >= 0.6 is 0 Å². The highest BCUT2D eigenvalue weighted by molar-refractivity contribution is 6.02. The first kappa shape index (κ1) is 12.1. The molecule has 0 saturated heterocycles. The Bertz CT molecular complexity index is 825. The van der Waals surface area contributed by atoms with Crippen molar-refractivity contribution in [2.45, 2.75) is 0 Å². The minimum absolute atomic E-state index is 0.0300. The predicted octanol–water partition coefficient (Wildman–Crippen LogP) is 2.44. The Kier molecular flexibility index (Phi) is 3.01. The van der Waals surface area contributed by atoms with E-state index in [1.54, 1.807) is 42.6 Å². The lowest BCUT2D eigenvalue weighted by Crippen LogP contribution is -2.15. The number of hydrogen-bond donors (Lipinski definition) is 1. The van der Waals surface area contributed by atoms with Gasteiger partial charge in [-0.1, -0.05) is 12.1 Å². The van der Waals surface area contributed by atoms with E-state index in [1.165, 1.54) is 12.3 Å². The number of carbonyl (C=O) groups is 1. The highest BCUT2D eigenvalue weighted by Gasteiger charge is 2.12. The number of rotatable bonds is 2. The second-order valence-electron chi connectivity index (χ2n) is 4.17. The van der Waals surface area contributed by atoms with E-state index in [9.17, 15) is 9.59 Å². The van der Waals surface area contributed by atoms with Crippen molar-refractivity contribution in [1.82, 2.24) is 4.98 Å². The number of benzene rings is 1. The van der Waals surface area contributed by atoms with Gasteiger partial charge in [0.15, 0.2) is 11.2 Å². The van der Waals surface area contributed by atoms with Gasteiger partial charge in [-0.3, -0.25) is 14.6 Å². The summed E-state index contributed by atoms with van der Waals surface area (Å²) in [7, 11) is 0. The van der Waals surface area contributed by atoms with Gasteiger partial charge < -0.3 is 9.73 Å². The summed E-state index contributed by atoms with van der Waals surface area (Å²) in [6.45, 7) is 0. The number of pyridine rings is 1. The maximum Gasteiger partial charge on any atom is 0.291 e. The van der Waals surface area contributed by atoms with Gasteiger partial charge in [-0.2, -0.15) is 0 Å². The van der Waals surface area contributed by atoms with Crippen LogP contribution in [0.1, 0.15) is 10.6 Å². The van der Waals surface area contributed by atoms with Gasteiger partial charge in [-0.25, -0.2) is 0 Å². The summed E-state index contributed by atoms with van der Waals surface area (Å²) >= 11 is 0. The second-order valence-corrected chi connectivity index (χ2v) is 4.17. The van der Waals surface area contributed by atoms with Crippen molar-refractivity contribution < 1.29 is 9.21 Å². The molecule has 2 aromatic heterocycles. The van der Waals surface area contributed by atoms with Crippen molar-refractivity contribution in [3.63, 3.8) is 0 Å². The average Bonchev–Trinajstić information content (AvgIpc) is 2.48. The largest absolute Gasteiger partial charge is 0.451 e. The summed E-state index contributed by atoms with van der Waals surface area (Å²) in [5.41, 5.74) is 0.674. The van der Waals surface area contributed by atoms with Crippen LogP contribution in [0.4, 0.5) is 5.69 Å². The van der Waals surface area contributed by atoms with Crippen LogP contribution in [0, 0.1) is 0 Å². The molecule has 0 bridgehead atoms. The number of nitrogens with one attached hydrogen (secondary N) is 1. The lowest BCUT2D eigenvalue weighted by molar-refractivity contribution is 0.0997. The molecule has 1 N–H and O–H groups in total. The molecule has 5 nitrogen and oxygen atoms in total. The van der Waals surface area contributed by atoms with Gasteiger partial charge in [-0.05, 0) is 24.3 Å². The van der Waals surface area contributed by atoms with Crippen molar-refractivity contribution in [2.75, 3.05) is 5.32 Å². The fourth-order valence-electron chi connectivity index (χ4n) is 1.85. The second kappa shape index (κ2) is 4.97. The summed E-state index contributed by atoms with van der Waals surface area (Å²) in [6, 6.07) is 11.4. The summed E-state index contributed by atoms with van der Waals surface area (Å²) in [5, 5.41) is 3.07. The van der Waals surface area contributed by atoms with Gasteiger partial charge in [-0.15, -0.1) is 0 Å². The number of aromatic nitrogens is 1. The minimum atomic E-state index is -0.485. The highest BCUT2D eigenvalue weighted by atomic mass is 16.3. The maximum absolute atomic E-state index is 12.0. The molecule has 1 aromatic carbocycles. The number of carbonyl (C=O) groups excluding carboxylic acids is 1. The van der Waals surface area contributed by atoms with Crippen LogP contribution in [-0.4, -0.2) is 10.9 Å². The van der Waals surface area contributed by atoms with Crippen molar-refractivity contribution in [2.24, 2.45) is 0 Å². The first-order chi connectivity index (χ1) is 9.74. The number of fused-ring (bicyclic) bond motifs is 1. The van der Waals surface area contributed by atoms with E-state index in [0.29, 0.717) is 16.7 Å². The first-order valence-electron chi connectivity index (χ1n) is 5.98. The van der Waals surface area contributed by atoms with Gasteiger partial charge >= 0.3 is 0 Å². The molecule has 3 aromatic rings. The maximum atomic E-state index is 12.0. The quantitative estimate of drug-likeness (QED) is 0.773. The summed E-state index contributed by atoms with van der Waals surface area (Å²) in [6.07, 6.45) is 3.11. The SMILES string of the molecule is O=C(Nc1cccnc1)c1cc(=O)c2ccccc2o1. The van der Waals surface area contributed by atoms with E-state index in [4.69, 9.17) is 4.42 Å². The van der Waals surface area contributed by atoms with Gasteiger partial charge in [0.25, 0.3) is 5.91 Å². The molecule has 0 unspecified atom stereocenters. The number of para-hydroxylation sites is 1. The van der Waals surface area contributed by atoms with Gasteiger partial charge in [0, 0.05) is 12.3 Å². The summed E-state index contributed by atoms with van der Waals surface area (Å²) in [4.78, 5) is 27.8. The molecule has 3 rings (SSSR count). The minimum Gasteiger partial charge on any atom is -0.451 e. The van der Waals surface area contributed by atoms with Crippen LogP contribution in [0.25, 0.3) is 11.0 Å². The van der Waals surface area contributed by atoms with Crippen LogP contribution < -0.4 is 10.7 Å². The number of anilines is 1. The van der Waals surface area contributed by atoms with Crippen LogP contribution in [0.5, 0.6) is 0 Å². The molecule has 0 aliphatic rings. The molecule has 0 aliphatic heterocycles. The molecule has 0 saturated carbocycles. The third kappa shape index (κ3) is 2.29. The molecular weight excluding hydrogens is 256 g/mol. The fraction of sp³-hybridized carbons (Fsp3) is 0. The van der Waals surface area contributed by atoms with E-state index in [2.05, 4.69) is 10.3 Å². The smallest absolute Gasteiger partial charge is 0.291 e. The van der Waals surface area contributed by atoms with Gasteiger partial charge in [0.2, 0.25) is 0 Å². The van der Waals surface area contributed by atoms with E-state index < -0.39 is 5.91 Å². The van der Waals surface area contributed by atoms with Crippen molar-refractivity contribution in [3.8, 4) is 0 Å². The third-order valence-corrected chi connectivity index (χ3v) is 2.78. The Morgan fingerprint density at radius 2 is 2.00 bits per heavy atom. The van der Waals surface area contributed by atoms with Crippen LogP contribution in [0.15, 0.2) is 64.1 Å². The van der Waals surface area contributed by atoms with Gasteiger partial charge in [0.1, 0.15) is 5.58 Å². The molecule has 0 spiro atoms. The molecule has 1 amide bonds. The number of hydrogen-bond acceptors (Lipinski definition) is 4. The molecule has 0 aliphatic carbocycles. The van der Waals surface area contributed by atoms with Crippen molar-refractivity contribution in [1.29, 1.82) is 0 Å². The number of nitrogens with zero attached hydrogens (tertiary/aromatic N) is 1. The Morgan fingerprint density at radius 1 is 1.15 bits per heavy atom. The standard InChI is InChI=1S/C15H10N2O3/c18-12-8-14(20-13-6-2-1-5-11(12)13)15(19)17-10-4-3-7-16-9-10/h1-9H,(H,17,19).